The fraction of sp³-hybridized carbons (Fsp3) is 0.400. The van der Waals surface area contributed by atoms with E-state index in [4.69, 9.17) is 0 Å². The van der Waals surface area contributed by atoms with Crippen molar-refractivity contribution in [3.63, 3.8) is 0 Å². The average molecular weight is 222 g/mol. The minimum atomic E-state index is 0.728. The van der Waals surface area contributed by atoms with Crippen LogP contribution in [0.4, 0.5) is 0 Å². The van der Waals surface area contributed by atoms with Gasteiger partial charge in [0, 0.05) is 17.8 Å². The van der Waals surface area contributed by atoms with Crippen LogP contribution in [0.25, 0.3) is 0 Å². The Labute approximate surface area is 93.0 Å². The van der Waals surface area contributed by atoms with Gasteiger partial charge < -0.3 is 5.32 Å². The van der Waals surface area contributed by atoms with Crippen molar-refractivity contribution in [3.8, 4) is 0 Å². The van der Waals surface area contributed by atoms with E-state index in [1.54, 1.807) is 17.7 Å². The molecule has 80 valence electrons. The van der Waals surface area contributed by atoms with Crippen molar-refractivity contribution in [2.75, 3.05) is 7.05 Å². The van der Waals surface area contributed by atoms with E-state index in [-0.39, 0.29) is 0 Å². The minimum absolute atomic E-state index is 0.728. The number of hydrogen-bond donors (Lipinski definition) is 1. The first-order chi connectivity index (χ1) is 7.38. The molecule has 0 saturated carbocycles. The molecule has 2 aromatic rings. The summed E-state index contributed by atoms with van der Waals surface area (Å²) in [4.78, 5) is 5.59. The van der Waals surface area contributed by atoms with Gasteiger partial charge in [0.15, 0.2) is 5.82 Å². The van der Waals surface area contributed by atoms with Crippen LogP contribution in [0, 0.1) is 0 Å². The van der Waals surface area contributed by atoms with Crippen molar-refractivity contribution in [1.29, 1.82) is 0 Å². The molecule has 15 heavy (non-hydrogen) atoms. The Morgan fingerprint density at radius 2 is 2.47 bits per heavy atom. The zero-order valence-corrected chi connectivity index (χ0v) is 9.50. The Morgan fingerprint density at radius 1 is 1.53 bits per heavy atom. The van der Waals surface area contributed by atoms with E-state index in [2.05, 4.69) is 32.9 Å². The summed E-state index contributed by atoms with van der Waals surface area (Å²) in [6, 6.07) is 4.23. The summed E-state index contributed by atoms with van der Waals surface area (Å²) in [6.45, 7) is 1.63. The topological polar surface area (TPSA) is 42.7 Å². The average Bonchev–Trinajstić information content (AvgIpc) is 2.85. The summed E-state index contributed by atoms with van der Waals surface area (Å²) in [5.74, 6) is 0.851. The number of aryl methyl sites for hydroxylation is 2. The molecule has 5 heteroatoms. The van der Waals surface area contributed by atoms with Gasteiger partial charge in [-0.25, -0.2) is 4.98 Å². The van der Waals surface area contributed by atoms with Crippen LogP contribution < -0.4 is 5.32 Å². The summed E-state index contributed by atoms with van der Waals surface area (Å²) in [6.07, 6.45) is 2.82. The maximum atomic E-state index is 4.35. The summed E-state index contributed by atoms with van der Waals surface area (Å²) < 4.78 is 1.90. The molecule has 0 radical (unpaired) electrons. The third kappa shape index (κ3) is 2.87. The highest BCUT2D eigenvalue weighted by atomic mass is 32.1. The zero-order valence-electron chi connectivity index (χ0n) is 8.68. The molecular formula is C10H14N4S. The maximum Gasteiger partial charge on any atom is 0.164 e. The number of nitrogens with zero attached hydrogens (tertiary/aromatic N) is 3. The smallest absolute Gasteiger partial charge is 0.164 e. The maximum absolute atomic E-state index is 4.35. The van der Waals surface area contributed by atoms with Gasteiger partial charge in [-0.15, -0.1) is 11.3 Å². The zero-order chi connectivity index (χ0) is 10.5. The lowest BCUT2D eigenvalue weighted by atomic mass is 10.3. The number of hydrogen-bond acceptors (Lipinski definition) is 4. The summed E-state index contributed by atoms with van der Waals surface area (Å²) in [5.41, 5.74) is 0. The number of thiophene rings is 1. The van der Waals surface area contributed by atoms with Gasteiger partial charge in [0.2, 0.25) is 0 Å². The van der Waals surface area contributed by atoms with Crippen molar-refractivity contribution in [3.05, 3.63) is 34.5 Å². The molecule has 0 bridgehead atoms. The van der Waals surface area contributed by atoms with Gasteiger partial charge in [0.05, 0.1) is 6.54 Å². The molecule has 0 fully saturated rings. The van der Waals surface area contributed by atoms with Crippen LogP contribution in [-0.4, -0.2) is 21.8 Å². The highest BCUT2D eigenvalue weighted by Gasteiger charge is 2.00. The molecule has 0 aliphatic heterocycles. The largest absolute Gasteiger partial charge is 0.313 e. The van der Waals surface area contributed by atoms with Gasteiger partial charge in [-0.2, -0.15) is 5.10 Å². The van der Waals surface area contributed by atoms with Crippen LogP contribution in [0.5, 0.6) is 0 Å². The van der Waals surface area contributed by atoms with Crippen LogP contribution in [-0.2, 0) is 19.5 Å². The predicted molar refractivity (Wildman–Crippen MR) is 60.8 cm³/mol. The molecule has 1 N–H and O–H groups in total. The number of nitrogens with one attached hydrogen (secondary N) is 1. The lowest BCUT2D eigenvalue weighted by Crippen LogP contribution is -2.08. The van der Waals surface area contributed by atoms with Crippen LogP contribution in [0.1, 0.15) is 10.7 Å². The summed E-state index contributed by atoms with van der Waals surface area (Å²) in [7, 11) is 1.90. The molecule has 0 saturated heterocycles. The van der Waals surface area contributed by atoms with Crippen molar-refractivity contribution >= 4 is 11.3 Å². The molecule has 0 spiro atoms. The molecule has 0 atom stereocenters. The van der Waals surface area contributed by atoms with Crippen LogP contribution in [0.2, 0.25) is 0 Å². The van der Waals surface area contributed by atoms with E-state index in [0.29, 0.717) is 0 Å². The normalized spacial score (nSPS) is 10.7. The third-order valence-corrected chi connectivity index (χ3v) is 3.02. The van der Waals surface area contributed by atoms with Crippen molar-refractivity contribution in [2.24, 2.45) is 0 Å². The predicted octanol–water partition coefficient (Wildman–Crippen LogP) is 1.30. The first kappa shape index (κ1) is 10.3. The summed E-state index contributed by atoms with van der Waals surface area (Å²) >= 11 is 1.79. The second-order valence-electron chi connectivity index (χ2n) is 3.28. The van der Waals surface area contributed by atoms with Crippen molar-refractivity contribution < 1.29 is 0 Å². The Balaban J connectivity index is 1.88. The molecule has 0 aromatic carbocycles. The molecule has 2 rings (SSSR count). The van der Waals surface area contributed by atoms with E-state index in [0.717, 1.165) is 25.3 Å². The molecule has 2 heterocycles. The molecule has 0 unspecified atom stereocenters. The van der Waals surface area contributed by atoms with Crippen LogP contribution in [0.15, 0.2) is 23.8 Å². The lowest BCUT2D eigenvalue weighted by molar-refractivity contribution is 0.603. The molecule has 4 nitrogen and oxygen atoms in total. The monoisotopic (exact) mass is 222 g/mol. The van der Waals surface area contributed by atoms with Crippen molar-refractivity contribution in [2.45, 2.75) is 19.5 Å². The highest BCUT2D eigenvalue weighted by molar-refractivity contribution is 7.09. The Kier molecular flexibility index (Phi) is 3.47. The van der Waals surface area contributed by atoms with E-state index >= 15 is 0 Å². The second-order valence-corrected chi connectivity index (χ2v) is 4.32. The fourth-order valence-corrected chi connectivity index (χ4v) is 2.06. The standard InChI is InChI=1S/C10H14N4S/c1-11-7-10-12-8-14(13-10)5-4-9-3-2-6-15-9/h2-3,6,8,11H,4-5,7H2,1H3. The Hall–Kier alpha value is -1.20. The Morgan fingerprint density at radius 3 is 3.20 bits per heavy atom. The molecule has 0 aliphatic rings. The molecule has 0 amide bonds. The van der Waals surface area contributed by atoms with Crippen molar-refractivity contribution in [1.82, 2.24) is 20.1 Å². The van der Waals surface area contributed by atoms with Gasteiger partial charge >= 0.3 is 0 Å². The second kappa shape index (κ2) is 5.04. The molecular weight excluding hydrogens is 208 g/mol. The third-order valence-electron chi connectivity index (χ3n) is 2.09. The SMILES string of the molecule is CNCc1ncn(CCc2cccs2)n1. The van der Waals surface area contributed by atoms with Gasteiger partial charge in [-0.3, -0.25) is 4.68 Å². The minimum Gasteiger partial charge on any atom is -0.313 e. The van der Waals surface area contributed by atoms with E-state index in [1.807, 2.05) is 11.7 Å². The van der Waals surface area contributed by atoms with E-state index < -0.39 is 0 Å². The highest BCUT2D eigenvalue weighted by Crippen LogP contribution is 2.09. The van der Waals surface area contributed by atoms with Gasteiger partial charge in [0.25, 0.3) is 0 Å². The number of aromatic nitrogens is 3. The van der Waals surface area contributed by atoms with Gasteiger partial charge in [-0.05, 0) is 18.5 Å². The summed E-state index contributed by atoms with van der Waals surface area (Å²) in [5, 5.41) is 9.48. The van der Waals surface area contributed by atoms with Gasteiger partial charge in [-0.1, -0.05) is 6.07 Å². The Bertz CT molecular complexity index is 393. The molecule has 0 aliphatic carbocycles. The van der Waals surface area contributed by atoms with Crippen LogP contribution in [0.3, 0.4) is 0 Å². The number of rotatable bonds is 5. The van der Waals surface area contributed by atoms with Gasteiger partial charge in [0.1, 0.15) is 6.33 Å². The lowest BCUT2D eigenvalue weighted by Gasteiger charge is -1.97. The first-order valence-electron chi connectivity index (χ1n) is 4.94. The molecule has 2 aromatic heterocycles. The fourth-order valence-electron chi connectivity index (χ4n) is 1.36. The van der Waals surface area contributed by atoms with E-state index in [9.17, 15) is 0 Å². The quantitative estimate of drug-likeness (QED) is 0.829. The van der Waals surface area contributed by atoms with Crippen LogP contribution >= 0.6 is 11.3 Å². The van der Waals surface area contributed by atoms with E-state index in [1.165, 1.54) is 4.88 Å². The first-order valence-corrected chi connectivity index (χ1v) is 5.82.